The Morgan fingerprint density at radius 3 is 2.69 bits per heavy atom. The highest BCUT2D eigenvalue weighted by Gasteiger charge is 2.34. The molecule has 4 nitrogen and oxygen atoms in total. The van der Waals surface area contributed by atoms with Crippen molar-refractivity contribution in [1.29, 1.82) is 0 Å². The quantitative estimate of drug-likeness (QED) is 0.603. The molecular formula is C11H15ClN2O2. The summed E-state index contributed by atoms with van der Waals surface area (Å²) in [5, 5.41) is 0.297. The van der Waals surface area contributed by atoms with E-state index in [1.165, 1.54) is 0 Å². The molecule has 1 aromatic heterocycles. The lowest BCUT2D eigenvalue weighted by molar-refractivity contribution is -0.148. The number of carbonyl (C=O) groups is 1. The number of halogens is 1. The molecule has 0 saturated heterocycles. The summed E-state index contributed by atoms with van der Waals surface area (Å²) >= 11 is 6.00. The first-order chi connectivity index (χ1) is 7.39. The number of aryl methyl sites for hydroxylation is 1. The van der Waals surface area contributed by atoms with Crippen molar-refractivity contribution in [3.8, 4) is 0 Å². The Morgan fingerprint density at radius 2 is 2.19 bits per heavy atom. The Balaban J connectivity index is 3.11. The zero-order chi connectivity index (χ0) is 12.3. The number of aromatic nitrogens is 2. The Hall–Kier alpha value is -1.16. The molecule has 0 atom stereocenters. The first-order valence-corrected chi connectivity index (χ1v) is 5.44. The Morgan fingerprint density at radius 1 is 1.56 bits per heavy atom. The van der Waals surface area contributed by atoms with Crippen molar-refractivity contribution >= 4 is 17.6 Å². The van der Waals surface area contributed by atoms with Gasteiger partial charge in [-0.15, -0.1) is 0 Å². The molecule has 0 spiro atoms. The molecule has 0 aliphatic heterocycles. The Kier molecular flexibility index (Phi) is 3.86. The fourth-order valence-corrected chi connectivity index (χ4v) is 1.69. The summed E-state index contributed by atoms with van der Waals surface area (Å²) in [6.45, 7) is 7.33. The molecule has 0 saturated carbocycles. The molecule has 16 heavy (non-hydrogen) atoms. The van der Waals surface area contributed by atoms with Crippen molar-refractivity contribution in [2.75, 3.05) is 6.61 Å². The van der Waals surface area contributed by atoms with Crippen molar-refractivity contribution in [3.05, 3.63) is 22.7 Å². The second-order valence-electron chi connectivity index (χ2n) is 3.97. The smallest absolute Gasteiger partial charge is 0.316 e. The summed E-state index contributed by atoms with van der Waals surface area (Å²) in [5.41, 5.74) is -0.251. The first-order valence-electron chi connectivity index (χ1n) is 5.06. The van der Waals surface area contributed by atoms with Gasteiger partial charge in [-0.1, -0.05) is 11.6 Å². The minimum Gasteiger partial charge on any atom is -0.465 e. The monoisotopic (exact) mass is 242 g/mol. The zero-order valence-electron chi connectivity index (χ0n) is 9.87. The fraction of sp³-hybridized carbons (Fsp3) is 0.545. The average molecular weight is 243 g/mol. The van der Waals surface area contributed by atoms with Crippen molar-refractivity contribution < 1.29 is 9.53 Å². The van der Waals surface area contributed by atoms with Gasteiger partial charge in [0.15, 0.2) is 0 Å². The van der Waals surface area contributed by atoms with Crippen LogP contribution in [0.3, 0.4) is 0 Å². The van der Waals surface area contributed by atoms with E-state index >= 15 is 0 Å². The molecule has 0 radical (unpaired) electrons. The highest BCUT2D eigenvalue weighted by atomic mass is 35.5. The lowest BCUT2D eigenvalue weighted by atomic mass is 9.86. The largest absolute Gasteiger partial charge is 0.465 e. The second-order valence-corrected chi connectivity index (χ2v) is 4.33. The van der Waals surface area contributed by atoms with E-state index in [2.05, 4.69) is 9.97 Å². The average Bonchev–Trinajstić information content (AvgIpc) is 2.17. The SMILES string of the molecule is CCOC(=O)C(C)(C)c1cnc(C)nc1Cl. The van der Waals surface area contributed by atoms with Gasteiger partial charge < -0.3 is 4.74 Å². The van der Waals surface area contributed by atoms with Gasteiger partial charge in [-0.05, 0) is 27.7 Å². The summed E-state index contributed by atoms with van der Waals surface area (Å²) < 4.78 is 4.99. The molecule has 0 unspecified atom stereocenters. The van der Waals surface area contributed by atoms with E-state index in [9.17, 15) is 4.79 Å². The molecule has 88 valence electrons. The van der Waals surface area contributed by atoms with Crippen LogP contribution >= 0.6 is 11.6 Å². The molecule has 5 heteroatoms. The summed E-state index contributed by atoms with van der Waals surface area (Å²) in [7, 11) is 0. The maximum atomic E-state index is 11.8. The Labute approximate surface area is 100 Å². The predicted molar refractivity (Wildman–Crippen MR) is 61.4 cm³/mol. The third kappa shape index (κ3) is 2.50. The molecule has 1 rings (SSSR count). The van der Waals surface area contributed by atoms with Gasteiger partial charge in [0, 0.05) is 11.8 Å². The second kappa shape index (κ2) is 4.78. The van der Waals surface area contributed by atoms with Crippen LogP contribution in [0.25, 0.3) is 0 Å². The van der Waals surface area contributed by atoms with Crippen molar-refractivity contribution in [2.24, 2.45) is 0 Å². The van der Waals surface area contributed by atoms with Crippen LogP contribution in [0.2, 0.25) is 5.15 Å². The van der Waals surface area contributed by atoms with Crippen LogP contribution < -0.4 is 0 Å². The standard InChI is InChI=1S/C11H15ClN2O2/c1-5-16-10(15)11(3,4)8-6-13-7(2)14-9(8)12/h6H,5H2,1-4H3. The molecule has 0 aromatic carbocycles. The molecule has 1 aromatic rings. The molecule has 0 aliphatic rings. The molecule has 0 bridgehead atoms. The van der Waals surface area contributed by atoms with Crippen LogP contribution in [-0.2, 0) is 14.9 Å². The molecule has 0 amide bonds. The van der Waals surface area contributed by atoms with Crippen LogP contribution in [0.15, 0.2) is 6.20 Å². The van der Waals surface area contributed by atoms with Gasteiger partial charge in [-0.2, -0.15) is 0 Å². The van der Waals surface area contributed by atoms with Crippen molar-refractivity contribution in [1.82, 2.24) is 9.97 Å². The highest BCUT2D eigenvalue weighted by molar-refractivity contribution is 6.30. The zero-order valence-corrected chi connectivity index (χ0v) is 10.6. The van der Waals surface area contributed by atoms with Crippen LogP contribution in [-0.4, -0.2) is 22.5 Å². The summed E-state index contributed by atoms with van der Waals surface area (Å²) in [6.07, 6.45) is 1.57. The number of nitrogens with zero attached hydrogens (tertiary/aromatic N) is 2. The molecule has 1 heterocycles. The number of rotatable bonds is 3. The lowest BCUT2D eigenvalue weighted by Crippen LogP contribution is -2.32. The lowest BCUT2D eigenvalue weighted by Gasteiger charge is -2.22. The minimum absolute atomic E-state index is 0.297. The van der Waals surface area contributed by atoms with Gasteiger partial charge in [0.25, 0.3) is 0 Å². The van der Waals surface area contributed by atoms with Crippen LogP contribution in [0.1, 0.15) is 32.2 Å². The highest BCUT2D eigenvalue weighted by Crippen LogP contribution is 2.29. The van der Waals surface area contributed by atoms with E-state index in [0.29, 0.717) is 23.1 Å². The molecule has 0 aliphatic carbocycles. The molecule has 0 fully saturated rings. The number of hydrogen-bond donors (Lipinski definition) is 0. The van der Waals surface area contributed by atoms with E-state index in [1.54, 1.807) is 33.9 Å². The summed E-state index contributed by atoms with van der Waals surface area (Å²) in [5.74, 6) is 0.248. The first kappa shape index (κ1) is 12.9. The van der Waals surface area contributed by atoms with E-state index < -0.39 is 5.41 Å². The fourth-order valence-electron chi connectivity index (χ4n) is 1.28. The maximum absolute atomic E-state index is 11.8. The van der Waals surface area contributed by atoms with Gasteiger partial charge in [0.2, 0.25) is 0 Å². The topological polar surface area (TPSA) is 52.1 Å². The Bertz CT molecular complexity index is 405. The third-order valence-corrected chi connectivity index (χ3v) is 2.61. The summed E-state index contributed by atoms with van der Waals surface area (Å²) in [6, 6.07) is 0. The van der Waals surface area contributed by atoms with Crippen LogP contribution in [0.4, 0.5) is 0 Å². The van der Waals surface area contributed by atoms with E-state index in [4.69, 9.17) is 16.3 Å². The number of hydrogen-bond acceptors (Lipinski definition) is 4. The molecule has 0 N–H and O–H groups in total. The van der Waals surface area contributed by atoms with Crippen molar-refractivity contribution in [2.45, 2.75) is 33.1 Å². The van der Waals surface area contributed by atoms with Gasteiger partial charge in [0.1, 0.15) is 11.0 Å². The van der Waals surface area contributed by atoms with Crippen molar-refractivity contribution in [3.63, 3.8) is 0 Å². The van der Waals surface area contributed by atoms with E-state index in [-0.39, 0.29) is 5.97 Å². The van der Waals surface area contributed by atoms with E-state index in [0.717, 1.165) is 0 Å². The molecular weight excluding hydrogens is 228 g/mol. The number of esters is 1. The van der Waals surface area contributed by atoms with E-state index in [1.807, 2.05) is 0 Å². The maximum Gasteiger partial charge on any atom is 0.316 e. The normalized spacial score (nSPS) is 11.3. The van der Waals surface area contributed by atoms with Gasteiger partial charge in [-0.3, -0.25) is 4.79 Å². The van der Waals surface area contributed by atoms with Gasteiger partial charge in [-0.25, -0.2) is 9.97 Å². The van der Waals surface area contributed by atoms with Gasteiger partial charge in [0.05, 0.1) is 12.0 Å². The predicted octanol–water partition coefficient (Wildman–Crippen LogP) is 2.28. The van der Waals surface area contributed by atoms with Gasteiger partial charge >= 0.3 is 5.97 Å². The number of carbonyl (C=O) groups excluding carboxylic acids is 1. The number of ether oxygens (including phenoxy) is 1. The van der Waals surface area contributed by atoms with Crippen LogP contribution in [0, 0.1) is 6.92 Å². The summed E-state index contributed by atoms with van der Waals surface area (Å²) in [4.78, 5) is 19.8. The van der Waals surface area contributed by atoms with Crippen LogP contribution in [0.5, 0.6) is 0 Å². The minimum atomic E-state index is -0.833. The third-order valence-electron chi connectivity index (χ3n) is 2.32.